The fraction of sp³-hybridized carbons (Fsp3) is 0.600. The Kier molecular flexibility index (Phi) is 6.59. The minimum absolute atomic E-state index is 0.0782. The van der Waals surface area contributed by atoms with Crippen LogP contribution in [0, 0.1) is 5.41 Å². The van der Waals surface area contributed by atoms with Crippen molar-refractivity contribution >= 4 is 17.5 Å². The monoisotopic (exact) mass is 506 g/mol. The number of carbonyl (C=O) groups is 1. The van der Waals surface area contributed by atoms with Gasteiger partial charge in [-0.1, -0.05) is 12.1 Å². The first kappa shape index (κ1) is 24.0. The summed E-state index contributed by atoms with van der Waals surface area (Å²) in [4.78, 5) is 21.7. The van der Waals surface area contributed by atoms with Crippen molar-refractivity contribution in [3.63, 3.8) is 0 Å². The van der Waals surface area contributed by atoms with Crippen LogP contribution in [0.15, 0.2) is 24.5 Å². The summed E-state index contributed by atoms with van der Waals surface area (Å²) in [5, 5.41) is 25.6. The van der Waals surface area contributed by atoms with E-state index < -0.39 is 0 Å². The number of nitrogens with zero attached hydrogens (tertiary/aromatic N) is 6. The minimum atomic E-state index is -0.156. The minimum Gasteiger partial charge on any atom is -0.380 e. The summed E-state index contributed by atoms with van der Waals surface area (Å²) in [6.45, 7) is 4.88. The summed E-state index contributed by atoms with van der Waals surface area (Å²) in [5.74, 6) is 2.73. The van der Waals surface area contributed by atoms with Crippen LogP contribution in [-0.4, -0.2) is 66.4 Å². The quantitative estimate of drug-likeness (QED) is 0.325. The van der Waals surface area contributed by atoms with Crippen LogP contribution in [0.5, 0.6) is 0 Å². The van der Waals surface area contributed by atoms with Gasteiger partial charge in [0.2, 0.25) is 0 Å². The second-order valence-electron chi connectivity index (χ2n) is 11.0. The van der Waals surface area contributed by atoms with Crippen molar-refractivity contribution in [2.45, 2.75) is 76.5 Å². The second kappa shape index (κ2) is 10.2. The molecule has 2 aliphatic carbocycles. The summed E-state index contributed by atoms with van der Waals surface area (Å²) in [7, 11) is 0. The number of aromatic amines is 1. The molecule has 1 amide bonds. The van der Waals surface area contributed by atoms with Crippen LogP contribution in [0.1, 0.15) is 73.4 Å². The van der Waals surface area contributed by atoms with E-state index in [1.807, 2.05) is 6.07 Å². The van der Waals surface area contributed by atoms with E-state index in [0.717, 1.165) is 43.1 Å². The highest BCUT2D eigenvalue weighted by atomic mass is 16.5. The highest BCUT2D eigenvalue weighted by Gasteiger charge is 2.34. The zero-order valence-electron chi connectivity index (χ0n) is 21.1. The molecule has 0 unspecified atom stereocenters. The lowest BCUT2D eigenvalue weighted by molar-refractivity contribution is -0.111. The number of hydrogen-bond acceptors (Lipinski definition) is 9. The van der Waals surface area contributed by atoms with Crippen LogP contribution in [0.2, 0.25) is 0 Å². The van der Waals surface area contributed by atoms with Crippen molar-refractivity contribution in [3.8, 4) is 0 Å². The summed E-state index contributed by atoms with van der Waals surface area (Å²) in [5.41, 5.74) is 1.63. The number of anilines is 2. The van der Waals surface area contributed by atoms with Crippen molar-refractivity contribution in [1.29, 1.82) is 0 Å². The van der Waals surface area contributed by atoms with Crippen LogP contribution in [-0.2, 0) is 17.8 Å². The van der Waals surface area contributed by atoms with E-state index in [0.29, 0.717) is 44.0 Å². The van der Waals surface area contributed by atoms with Crippen LogP contribution in [0.3, 0.4) is 0 Å². The van der Waals surface area contributed by atoms with Gasteiger partial charge in [0.25, 0.3) is 5.91 Å². The van der Waals surface area contributed by atoms with E-state index in [-0.39, 0.29) is 17.4 Å². The maximum absolute atomic E-state index is 12.7. The lowest BCUT2D eigenvalue weighted by Crippen LogP contribution is -2.43. The van der Waals surface area contributed by atoms with Crippen LogP contribution >= 0.6 is 0 Å². The first-order valence-electron chi connectivity index (χ1n) is 13.2. The van der Waals surface area contributed by atoms with Crippen LogP contribution < -0.4 is 16.0 Å². The van der Waals surface area contributed by atoms with Gasteiger partial charge in [-0.25, -0.2) is 9.97 Å². The fourth-order valence-electron chi connectivity index (χ4n) is 5.04. The Hall–Kier alpha value is -3.38. The first-order chi connectivity index (χ1) is 18.0. The van der Waals surface area contributed by atoms with Gasteiger partial charge in [-0.05, 0) is 44.6 Å². The Morgan fingerprint density at radius 2 is 1.97 bits per heavy atom. The van der Waals surface area contributed by atoms with E-state index in [9.17, 15) is 4.79 Å². The number of ether oxygens (including phenoxy) is 1. The standard InChI is InChI=1S/C25H34N10O2/c1-25(14-37-15-25)13-35-12-20(32-34-35)24(36)28-18-6-4-17(5-7-18)27-11-23-26-9-8-21(30-23)29-22-10-19(31-33-22)16-2-3-16/h8-10,12,16-18,27H,2-7,11,13-15H2,1H3,(H,28,36)(H2,26,29,30,31,33). The number of aromatic nitrogens is 7. The highest BCUT2D eigenvalue weighted by Crippen LogP contribution is 2.39. The molecule has 0 radical (unpaired) electrons. The molecule has 37 heavy (non-hydrogen) atoms. The largest absolute Gasteiger partial charge is 0.380 e. The van der Waals surface area contributed by atoms with Gasteiger partial charge in [-0.2, -0.15) is 5.10 Å². The lowest BCUT2D eigenvalue weighted by Gasteiger charge is -2.37. The number of H-pyrrole nitrogens is 1. The molecule has 0 atom stereocenters. The van der Waals surface area contributed by atoms with Gasteiger partial charge in [0.15, 0.2) is 11.5 Å². The number of amides is 1. The molecule has 0 spiro atoms. The van der Waals surface area contributed by atoms with E-state index in [1.165, 1.54) is 18.5 Å². The molecule has 3 aromatic rings. The van der Waals surface area contributed by atoms with Crippen molar-refractivity contribution < 1.29 is 9.53 Å². The molecule has 0 bridgehead atoms. The number of carbonyl (C=O) groups excluding carboxylic acids is 1. The molecule has 0 aromatic carbocycles. The zero-order valence-corrected chi connectivity index (χ0v) is 21.1. The molecule has 12 heteroatoms. The third kappa shape index (κ3) is 5.96. The molecule has 6 rings (SSSR count). The Morgan fingerprint density at radius 1 is 1.16 bits per heavy atom. The molecule has 4 heterocycles. The Labute approximate surface area is 215 Å². The molecular weight excluding hydrogens is 472 g/mol. The summed E-state index contributed by atoms with van der Waals surface area (Å²) in [6, 6.07) is 4.42. The highest BCUT2D eigenvalue weighted by molar-refractivity contribution is 5.92. The number of hydrogen-bond donors (Lipinski definition) is 4. The molecule has 4 N–H and O–H groups in total. The molecule has 196 valence electrons. The smallest absolute Gasteiger partial charge is 0.273 e. The van der Waals surface area contributed by atoms with E-state index in [1.54, 1.807) is 17.1 Å². The summed E-state index contributed by atoms with van der Waals surface area (Å²) >= 11 is 0. The van der Waals surface area contributed by atoms with E-state index in [2.05, 4.69) is 59.4 Å². The van der Waals surface area contributed by atoms with E-state index >= 15 is 0 Å². The zero-order chi connectivity index (χ0) is 25.2. The first-order valence-corrected chi connectivity index (χ1v) is 13.2. The average molecular weight is 507 g/mol. The van der Waals surface area contributed by atoms with Gasteiger partial charge in [0, 0.05) is 41.4 Å². The van der Waals surface area contributed by atoms with Gasteiger partial charge in [-0.3, -0.25) is 14.6 Å². The number of nitrogens with one attached hydrogen (secondary N) is 4. The third-order valence-corrected chi connectivity index (χ3v) is 7.40. The third-order valence-electron chi connectivity index (χ3n) is 7.40. The normalized spacial score (nSPS) is 22.8. The molecular formula is C25H34N10O2. The Balaban J connectivity index is 0.932. The van der Waals surface area contributed by atoms with Crippen molar-refractivity contribution in [2.24, 2.45) is 5.41 Å². The molecule has 3 fully saturated rings. The Bertz CT molecular complexity index is 1220. The summed E-state index contributed by atoms with van der Waals surface area (Å²) in [6.07, 6.45) is 9.75. The van der Waals surface area contributed by atoms with E-state index in [4.69, 9.17) is 4.74 Å². The van der Waals surface area contributed by atoms with Gasteiger partial charge in [-0.15, -0.1) is 5.10 Å². The van der Waals surface area contributed by atoms with Crippen LogP contribution in [0.4, 0.5) is 11.6 Å². The van der Waals surface area contributed by atoms with Crippen LogP contribution in [0.25, 0.3) is 0 Å². The number of rotatable bonds is 10. The maximum Gasteiger partial charge on any atom is 0.273 e. The van der Waals surface area contributed by atoms with Crippen molar-refractivity contribution in [2.75, 3.05) is 18.5 Å². The predicted octanol–water partition coefficient (Wildman–Crippen LogP) is 2.28. The fourth-order valence-corrected chi connectivity index (χ4v) is 5.04. The molecule has 2 saturated carbocycles. The van der Waals surface area contributed by atoms with Crippen molar-refractivity contribution in [1.82, 2.24) is 45.8 Å². The maximum atomic E-state index is 12.7. The van der Waals surface area contributed by atoms with Gasteiger partial charge < -0.3 is 20.7 Å². The molecule has 3 aliphatic rings. The molecule has 12 nitrogen and oxygen atoms in total. The molecule has 3 aromatic heterocycles. The average Bonchev–Trinajstić information content (AvgIpc) is 3.45. The molecule has 1 saturated heterocycles. The molecule has 1 aliphatic heterocycles. The Morgan fingerprint density at radius 3 is 2.73 bits per heavy atom. The predicted molar refractivity (Wildman–Crippen MR) is 135 cm³/mol. The van der Waals surface area contributed by atoms with Gasteiger partial charge >= 0.3 is 0 Å². The second-order valence-corrected chi connectivity index (χ2v) is 11.0. The summed E-state index contributed by atoms with van der Waals surface area (Å²) < 4.78 is 7.03. The van der Waals surface area contributed by atoms with Gasteiger partial charge in [0.05, 0.1) is 32.5 Å². The van der Waals surface area contributed by atoms with Crippen molar-refractivity contribution in [3.05, 3.63) is 41.7 Å². The lowest BCUT2D eigenvalue weighted by atomic mass is 9.89. The topological polar surface area (TPSA) is 148 Å². The van der Waals surface area contributed by atoms with Gasteiger partial charge in [0.1, 0.15) is 11.6 Å². The SMILES string of the molecule is CC1(Cn2cc(C(=O)NC3CCC(NCc4nccc(Nc5cc(C6CC6)[nH]n5)n4)CC3)nn2)COC1.